The first kappa shape index (κ1) is 21.8. The Morgan fingerprint density at radius 2 is 1.76 bits per heavy atom. The average molecular weight is 486 g/mol. The van der Waals surface area contributed by atoms with Crippen molar-refractivity contribution in [2.45, 2.75) is 6.36 Å². The van der Waals surface area contributed by atoms with Gasteiger partial charge in [0.05, 0.1) is 30.0 Å². The van der Waals surface area contributed by atoms with Gasteiger partial charge in [-0.1, -0.05) is 12.1 Å². The van der Waals surface area contributed by atoms with Gasteiger partial charge in [-0.3, -0.25) is 0 Å². The molecule has 3 aromatic heterocycles. The van der Waals surface area contributed by atoms with Gasteiger partial charge in [0, 0.05) is 11.8 Å². The van der Waals surface area contributed by atoms with Crippen LogP contribution in [0.15, 0.2) is 60.8 Å². The maximum Gasteiger partial charge on any atom is 0.573 e. The molecule has 0 saturated heterocycles. The van der Waals surface area contributed by atoms with E-state index in [4.69, 9.17) is 9.47 Å². The fourth-order valence-electron chi connectivity index (χ4n) is 3.54. The molecule has 7 nitrogen and oxygen atoms in total. The molecule has 0 amide bonds. The number of hydrogen-bond donors (Lipinski definition) is 1. The molecule has 0 unspecified atom stereocenters. The van der Waals surface area contributed by atoms with Crippen molar-refractivity contribution < 1.29 is 27.4 Å². The maximum atomic E-state index is 12.8. The molecule has 0 aliphatic heterocycles. The van der Waals surface area contributed by atoms with Crippen molar-refractivity contribution in [3.8, 4) is 27.8 Å². The van der Waals surface area contributed by atoms with E-state index < -0.39 is 6.36 Å². The minimum atomic E-state index is -4.77. The molecule has 0 aliphatic rings. The topological polar surface area (TPSA) is 69.9 Å². The third-order valence-corrected chi connectivity index (χ3v) is 6.19. The van der Waals surface area contributed by atoms with E-state index in [2.05, 4.69) is 20.1 Å². The van der Waals surface area contributed by atoms with Crippen molar-refractivity contribution >= 4 is 38.6 Å². The largest absolute Gasteiger partial charge is 0.573 e. The van der Waals surface area contributed by atoms with Gasteiger partial charge in [-0.25, -0.2) is 9.50 Å². The second-order valence-electron chi connectivity index (χ2n) is 7.16. The number of fused-ring (bicyclic) bond motifs is 2. The number of imidazole rings is 1. The van der Waals surface area contributed by atoms with E-state index in [0.717, 1.165) is 5.69 Å². The van der Waals surface area contributed by atoms with Gasteiger partial charge < -0.3 is 19.5 Å². The van der Waals surface area contributed by atoms with Crippen molar-refractivity contribution in [3.05, 3.63) is 60.8 Å². The Morgan fingerprint density at radius 1 is 0.941 bits per heavy atom. The van der Waals surface area contributed by atoms with Gasteiger partial charge in [-0.15, -0.1) is 29.6 Å². The van der Waals surface area contributed by atoms with E-state index in [1.807, 2.05) is 6.07 Å². The lowest BCUT2D eigenvalue weighted by Crippen LogP contribution is -2.17. The summed E-state index contributed by atoms with van der Waals surface area (Å²) in [5.74, 6) is 1.48. The highest BCUT2D eigenvalue weighted by molar-refractivity contribution is 7.22. The number of nitrogens with zero attached hydrogens (tertiary/aromatic N) is 3. The Kier molecular flexibility index (Phi) is 5.40. The van der Waals surface area contributed by atoms with Crippen molar-refractivity contribution in [1.29, 1.82) is 0 Å². The highest BCUT2D eigenvalue weighted by atomic mass is 32.1. The molecule has 0 saturated carbocycles. The van der Waals surface area contributed by atoms with Crippen molar-refractivity contribution in [3.63, 3.8) is 0 Å². The number of methoxy groups -OCH3 is 2. The van der Waals surface area contributed by atoms with Crippen LogP contribution in [0, 0.1) is 0 Å². The zero-order valence-corrected chi connectivity index (χ0v) is 18.7. The lowest BCUT2D eigenvalue weighted by Gasteiger charge is -2.11. The molecule has 0 aliphatic carbocycles. The molecule has 174 valence electrons. The fourth-order valence-corrected chi connectivity index (χ4v) is 4.64. The summed E-state index contributed by atoms with van der Waals surface area (Å²) >= 11 is 1.18. The van der Waals surface area contributed by atoms with Gasteiger partial charge in [-0.2, -0.15) is 0 Å². The van der Waals surface area contributed by atoms with Crippen molar-refractivity contribution in [1.82, 2.24) is 14.6 Å². The Morgan fingerprint density at radius 3 is 2.53 bits per heavy atom. The van der Waals surface area contributed by atoms with E-state index in [0.29, 0.717) is 43.6 Å². The molecular formula is C23H17F3N4O3S. The summed E-state index contributed by atoms with van der Waals surface area (Å²) in [7, 11) is 3.12. The Hall–Kier alpha value is -3.99. The molecule has 3 heterocycles. The number of halogens is 3. The first-order chi connectivity index (χ1) is 16.3. The summed E-state index contributed by atoms with van der Waals surface area (Å²) in [6, 6.07) is 15.3. The van der Waals surface area contributed by atoms with E-state index in [1.54, 1.807) is 61.3 Å². The minimum Gasteiger partial charge on any atom is -0.493 e. The predicted molar refractivity (Wildman–Crippen MR) is 123 cm³/mol. The summed E-state index contributed by atoms with van der Waals surface area (Å²) in [6.45, 7) is 0. The normalized spacial score (nSPS) is 11.7. The van der Waals surface area contributed by atoms with Crippen LogP contribution in [0.4, 0.5) is 24.7 Å². The third kappa shape index (κ3) is 4.17. The molecule has 34 heavy (non-hydrogen) atoms. The number of nitrogens with one attached hydrogen (secondary N) is 1. The average Bonchev–Trinajstić information content (AvgIpc) is 3.42. The molecule has 0 fully saturated rings. The number of thiophene rings is 1. The van der Waals surface area contributed by atoms with Crippen LogP contribution in [-0.2, 0) is 0 Å². The van der Waals surface area contributed by atoms with E-state index >= 15 is 0 Å². The van der Waals surface area contributed by atoms with E-state index in [1.165, 1.54) is 23.5 Å². The molecule has 1 N–H and O–H groups in total. The summed E-state index contributed by atoms with van der Waals surface area (Å²) < 4.78 is 55.3. The van der Waals surface area contributed by atoms with E-state index in [9.17, 15) is 13.2 Å². The SMILES string of the molecule is COc1ccc(Nc2ccc3ncc(-c4cc5cccc(OC(F)(F)F)c5s4)n3n2)cc1OC. The Labute approximate surface area is 195 Å². The Bertz CT molecular complexity index is 1500. The molecule has 5 aromatic rings. The quantitative estimate of drug-likeness (QED) is 0.305. The highest BCUT2D eigenvalue weighted by Crippen LogP contribution is 2.40. The second-order valence-corrected chi connectivity index (χ2v) is 8.21. The van der Waals surface area contributed by atoms with Crippen molar-refractivity contribution in [2.75, 3.05) is 19.5 Å². The molecule has 0 spiro atoms. The van der Waals surface area contributed by atoms with Gasteiger partial charge in [0.2, 0.25) is 0 Å². The van der Waals surface area contributed by atoms with Gasteiger partial charge in [-0.05, 0) is 41.8 Å². The lowest BCUT2D eigenvalue weighted by atomic mass is 10.2. The van der Waals surface area contributed by atoms with Crippen LogP contribution in [0.1, 0.15) is 0 Å². The van der Waals surface area contributed by atoms with Gasteiger partial charge in [0.15, 0.2) is 23.0 Å². The third-order valence-electron chi connectivity index (χ3n) is 5.00. The van der Waals surface area contributed by atoms with Crippen LogP contribution in [0.3, 0.4) is 0 Å². The van der Waals surface area contributed by atoms with Gasteiger partial charge in [0.25, 0.3) is 0 Å². The van der Waals surface area contributed by atoms with Crippen LogP contribution in [0.25, 0.3) is 26.3 Å². The zero-order valence-electron chi connectivity index (χ0n) is 17.9. The van der Waals surface area contributed by atoms with E-state index in [-0.39, 0.29) is 5.75 Å². The Balaban J connectivity index is 1.51. The van der Waals surface area contributed by atoms with Gasteiger partial charge in [0.1, 0.15) is 11.4 Å². The zero-order chi connectivity index (χ0) is 23.9. The van der Waals surface area contributed by atoms with Crippen LogP contribution in [0.2, 0.25) is 0 Å². The molecule has 0 atom stereocenters. The number of rotatable bonds is 6. The summed E-state index contributed by atoms with van der Waals surface area (Å²) in [5.41, 5.74) is 1.98. The maximum absolute atomic E-state index is 12.8. The smallest absolute Gasteiger partial charge is 0.493 e. The molecular weight excluding hydrogens is 469 g/mol. The summed E-state index contributed by atoms with van der Waals surface area (Å²) in [5, 5.41) is 8.47. The first-order valence-electron chi connectivity index (χ1n) is 9.97. The highest BCUT2D eigenvalue weighted by Gasteiger charge is 2.32. The number of anilines is 2. The number of ether oxygens (including phenoxy) is 3. The minimum absolute atomic E-state index is 0.237. The van der Waals surface area contributed by atoms with Crippen LogP contribution in [0.5, 0.6) is 17.2 Å². The van der Waals surface area contributed by atoms with Crippen LogP contribution < -0.4 is 19.5 Å². The molecule has 2 aromatic carbocycles. The number of hydrogen-bond acceptors (Lipinski definition) is 7. The van der Waals surface area contributed by atoms with Crippen LogP contribution in [-0.4, -0.2) is 35.2 Å². The first-order valence-corrected chi connectivity index (χ1v) is 10.8. The number of aromatic nitrogens is 3. The molecule has 5 rings (SSSR count). The van der Waals surface area contributed by atoms with Gasteiger partial charge >= 0.3 is 6.36 Å². The summed E-state index contributed by atoms with van der Waals surface area (Å²) in [4.78, 5) is 5.08. The predicted octanol–water partition coefficient (Wildman–Crippen LogP) is 6.27. The number of alkyl halides is 3. The standard InChI is InChI=1S/C23H17F3N4O3S/c1-31-16-7-6-14(11-18(16)32-2)28-20-8-9-21-27-12-15(30(21)29-20)19-10-13-4-3-5-17(22(13)34-19)33-23(24,25)26/h3-12H,1-2H3,(H,28,29). The van der Waals surface area contributed by atoms with Crippen LogP contribution >= 0.6 is 11.3 Å². The second kappa shape index (κ2) is 8.41. The fraction of sp³-hybridized carbons (Fsp3) is 0.130. The van der Waals surface area contributed by atoms with Crippen molar-refractivity contribution in [2.24, 2.45) is 0 Å². The summed E-state index contributed by atoms with van der Waals surface area (Å²) in [6.07, 6.45) is -3.13. The number of benzene rings is 2. The molecule has 0 radical (unpaired) electrons. The monoisotopic (exact) mass is 486 g/mol. The molecule has 0 bridgehead atoms. The molecule has 11 heteroatoms. The lowest BCUT2D eigenvalue weighted by molar-refractivity contribution is -0.274.